The van der Waals surface area contributed by atoms with Crippen LogP contribution < -0.4 is 5.32 Å². The average Bonchev–Trinajstić information content (AvgIpc) is 2.25. The third kappa shape index (κ3) is 2.84. The van der Waals surface area contributed by atoms with Gasteiger partial charge in [-0.3, -0.25) is 10.1 Å². The molecule has 15 heavy (non-hydrogen) atoms. The lowest BCUT2D eigenvalue weighted by atomic mass is 10.3. The van der Waals surface area contributed by atoms with Crippen molar-refractivity contribution in [3.05, 3.63) is 28.3 Å². The SMILES string of the molecule is CNc1cccc(SCCO)c1[N+](=O)[O-]. The van der Waals surface area contributed by atoms with E-state index in [1.807, 2.05) is 0 Å². The van der Waals surface area contributed by atoms with E-state index in [2.05, 4.69) is 5.32 Å². The highest BCUT2D eigenvalue weighted by Crippen LogP contribution is 2.34. The zero-order chi connectivity index (χ0) is 11.3. The molecule has 0 spiro atoms. The minimum Gasteiger partial charge on any atom is -0.396 e. The second-order valence-electron chi connectivity index (χ2n) is 2.73. The van der Waals surface area contributed by atoms with E-state index in [9.17, 15) is 10.1 Å². The van der Waals surface area contributed by atoms with Crippen molar-refractivity contribution in [3.8, 4) is 0 Å². The molecule has 0 aliphatic heterocycles. The van der Waals surface area contributed by atoms with E-state index in [1.54, 1.807) is 25.2 Å². The molecular formula is C9H12N2O3S. The summed E-state index contributed by atoms with van der Waals surface area (Å²) in [7, 11) is 1.64. The van der Waals surface area contributed by atoms with Crippen molar-refractivity contribution >= 4 is 23.1 Å². The molecular weight excluding hydrogens is 216 g/mol. The third-order valence-electron chi connectivity index (χ3n) is 1.80. The normalized spacial score (nSPS) is 10.0. The number of para-hydroxylation sites is 1. The van der Waals surface area contributed by atoms with Crippen molar-refractivity contribution < 1.29 is 10.0 Å². The molecule has 0 aliphatic carbocycles. The molecule has 0 aliphatic rings. The van der Waals surface area contributed by atoms with Crippen LogP contribution in [0.1, 0.15) is 0 Å². The van der Waals surface area contributed by atoms with Crippen LogP contribution in [0.4, 0.5) is 11.4 Å². The topological polar surface area (TPSA) is 75.4 Å². The van der Waals surface area contributed by atoms with Crippen molar-refractivity contribution in [2.75, 3.05) is 24.7 Å². The molecule has 0 saturated heterocycles. The van der Waals surface area contributed by atoms with E-state index < -0.39 is 4.92 Å². The number of nitrogens with zero attached hydrogens (tertiary/aromatic N) is 1. The van der Waals surface area contributed by atoms with Gasteiger partial charge in [-0.25, -0.2) is 0 Å². The van der Waals surface area contributed by atoms with E-state index >= 15 is 0 Å². The second kappa shape index (κ2) is 5.57. The predicted molar refractivity (Wildman–Crippen MR) is 60.5 cm³/mol. The number of nitro benzene ring substituents is 1. The number of benzene rings is 1. The first-order valence-electron chi connectivity index (χ1n) is 4.39. The Kier molecular flexibility index (Phi) is 4.38. The summed E-state index contributed by atoms with van der Waals surface area (Å²) in [5.41, 5.74) is 0.557. The quantitative estimate of drug-likeness (QED) is 0.456. The van der Waals surface area contributed by atoms with E-state index in [1.165, 1.54) is 11.8 Å². The molecule has 5 nitrogen and oxygen atoms in total. The van der Waals surface area contributed by atoms with Gasteiger partial charge in [-0.1, -0.05) is 6.07 Å². The van der Waals surface area contributed by atoms with Gasteiger partial charge in [0.1, 0.15) is 5.69 Å². The summed E-state index contributed by atoms with van der Waals surface area (Å²) in [6.45, 7) is 0.00556. The maximum atomic E-state index is 10.9. The first kappa shape index (κ1) is 11.8. The lowest BCUT2D eigenvalue weighted by molar-refractivity contribution is -0.386. The summed E-state index contributed by atoms with van der Waals surface area (Å²) in [6, 6.07) is 5.08. The van der Waals surface area contributed by atoms with Crippen LogP contribution in [-0.4, -0.2) is 29.4 Å². The maximum absolute atomic E-state index is 10.9. The van der Waals surface area contributed by atoms with Gasteiger partial charge >= 0.3 is 5.69 Å². The Balaban J connectivity index is 3.07. The molecule has 0 bridgehead atoms. The van der Waals surface area contributed by atoms with Crippen LogP contribution in [0.5, 0.6) is 0 Å². The third-order valence-corrected chi connectivity index (χ3v) is 2.83. The van der Waals surface area contributed by atoms with Crippen LogP contribution in [-0.2, 0) is 0 Å². The highest BCUT2D eigenvalue weighted by molar-refractivity contribution is 7.99. The second-order valence-corrected chi connectivity index (χ2v) is 3.87. The standard InChI is InChI=1S/C9H12N2O3S/c1-10-7-3-2-4-8(15-6-5-12)9(7)11(13)14/h2-4,10,12H,5-6H2,1H3. The highest BCUT2D eigenvalue weighted by atomic mass is 32.2. The Bertz CT molecular complexity index is 357. The minimum absolute atomic E-state index is 0.00556. The molecule has 0 unspecified atom stereocenters. The number of aliphatic hydroxyl groups excluding tert-OH is 1. The number of aliphatic hydroxyl groups is 1. The Hall–Kier alpha value is -1.27. The van der Waals surface area contributed by atoms with Gasteiger partial charge in [-0.15, -0.1) is 11.8 Å². The van der Waals surface area contributed by atoms with Gasteiger partial charge in [-0.2, -0.15) is 0 Å². The van der Waals surface area contributed by atoms with Crippen molar-refractivity contribution in [1.29, 1.82) is 0 Å². The van der Waals surface area contributed by atoms with Gasteiger partial charge in [0.05, 0.1) is 16.4 Å². The molecule has 1 aromatic rings. The predicted octanol–water partition coefficient (Wildman–Crippen LogP) is 1.72. The lowest BCUT2D eigenvalue weighted by Crippen LogP contribution is -1.98. The first-order chi connectivity index (χ1) is 7.20. The van der Waals surface area contributed by atoms with Crippen LogP contribution >= 0.6 is 11.8 Å². The van der Waals surface area contributed by atoms with Crippen LogP contribution in [0.2, 0.25) is 0 Å². The van der Waals surface area contributed by atoms with Gasteiger partial charge in [0.15, 0.2) is 0 Å². The average molecular weight is 228 g/mol. The van der Waals surface area contributed by atoms with Crippen LogP contribution in [0.15, 0.2) is 23.1 Å². The van der Waals surface area contributed by atoms with Gasteiger partial charge < -0.3 is 10.4 Å². The fourth-order valence-corrected chi connectivity index (χ4v) is 1.99. The van der Waals surface area contributed by atoms with Crippen LogP contribution in [0, 0.1) is 10.1 Å². The summed E-state index contributed by atoms with van der Waals surface area (Å²) >= 11 is 1.27. The molecule has 0 fully saturated rings. The monoisotopic (exact) mass is 228 g/mol. The molecule has 6 heteroatoms. The minimum atomic E-state index is -0.411. The van der Waals surface area contributed by atoms with E-state index in [0.29, 0.717) is 16.3 Å². The summed E-state index contributed by atoms with van der Waals surface area (Å²) in [5.74, 6) is 0.452. The fourth-order valence-electron chi connectivity index (χ4n) is 1.18. The van der Waals surface area contributed by atoms with Gasteiger partial charge in [0.25, 0.3) is 0 Å². The molecule has 1 rings (SSSR count). The number of anilines is 1. The molecule has 0 saturated carbocycles. The van der Waals surface area contributed by atoms with Gasteiger partial charge in [-0.05, 0) is 12.1 Å². The number of hydrogen-bond acceptors (Lipinski definition) is 5. The Morgan fingerprint density at radius 3 is 2.87 bits per heavy atom. The molecule has 0 aromatic heterocycles. The van der Waals surface area contributed by atoms with Gasteiger partial charge in [0.2, 0.25) is 0 Å². The van der Waals surface area contributed by atoms with Crippen molar-refractivity contribution in [2.45, 2.75) is 4.90 Å². The zero-order valence-corrected chi connectivity index (χ0v) is 9.08. The van der Waals surface area contributed by atoms with Crippen LogP contribution in [0.25, 0.3) is 0 Å². The molecule has 0 atom stereocenters. The zero-order valence-electron chi connectivity index (χ0n) is 8.27. The summed E-state index contributed by atoms with van der Waals surface area (Å²) in [5, 5.41) is 22.3. The first-order valence-corrected chi connectivity index (χ1v) is 5.38. The Labute approximate surface area is 91.6 Å². The summed E-state index contributed by atoms with van der Waals surface area (Å²) in [4.78, 5) is 11.0. The fraction of sp³-hybridized carbons (Fsp3) is 0.333. The van der Waals surface area contributed by atoms with E-state index in [-0.39, 0.29) is 12.3 Å². The lowest BCUT2D eigenvalue weighted by Gasteiger charge is -2.06. The number of rotatable bonds is 5. The molecule has 2 N–H and O–H groups in total. The maximum Gasteiger partial charge on any atom is 0.305 e. The number of nitrogens with one attached hydrogen (secondary N) is 1. The van der Waals surface area contributed by atoms with Crippen molar-refractivity contribution in [3.63, 3.8) is 0 Å². The van der Waals surface area contributed by atoms with Crippen molar-refractivity contribution in [1.82, 2.24) is 0 Å². The Morgan fingerprint density at radius 2 is 2.33 bits per heavy atom. The summed E-state index contributed by atoms with van der Waals surface area (Å²) < 4.78 is 0. The molecule has 0 heterocycles. The van der Waals surface area contributed by atoms with E-state index in [4.69, 9.17) is 5.11 Å². The number of nitro groups is 1. The number of thioether (sulfide) groups is 1. The van der Waals surface area contributed by atoms with Crippen molar-refractivity contribution in [2.24, 2.45) is 0 Å². The highest BCUT2D eigenvalue weighted by Gasteiger charge is 2.18. The van der Waals surface area contributed by atoms with Crippen LogP contribution in [0.3, 0.4) is 0 Å². The van der Waals surface area contributed by atoms with E-state index in [0.717, 1.165) is 0 Å². The van der Waals surface area contributed by atoms with Gasteiger partial charge in [0, 0.05) is 12.8 Å². The molecule has 0 radical (unpaired) electrons. The molecule has 0 amide bonds. The smallest absolute Gasteiger partial charge is 0.305 e. The summed E-state index contributed by atoms with van der Waals surface area (Å²) in [6.07, 6.45) is 0. The Morgan fingerprint density at radius 1 is 1.60 bits per heavy atom. The number of hydrogen-bond donors (Lipinski definition) is 2. The molecule has 82 valence electrons. The largest absolute Gasteiger partial charge is 0.396 e. The molecule has 1 aromatic carbocycles.